The molecule has 3 aromatic heterocycles. The number of piperazine rings is 1. The van der Waals surface area contributed by atoms with Crippen LogP contribution < -0.4 is 14.4 Å². The van der Waals surface area contributed by atoms with Crippen molar-refractivity contribution in [1.82, 2.24) is 30.3 Å². The zero-order chi connectivity index (χ0) is 28.2. The SMILES string of the molecule is COc1cc(-c2n[nH]c3ccc(O[C@H](C)c4c(C)cnnc4C)cc23)cnc1N1CC2CC(C1)N2CC(C)(C)O. The van der Waals surface area contributed by atoms with Gasteiger partial charge in [0.1, 0.15) is 17.5 Å². The van der Waals surface area contributed by atoms with Gasteiger partial charge >= 0.3 is 0 Å². The molecular formula is C30H37N7O3. The van der Waals surface area contributed by atoms with Gasteiger partial charge < -0.3 is 19.5 Å². The molecule has 3 fully saturated rings. The highest BCUT2D eigenvalue weighted by Gasteiger charge is 2.46. The van der Waals surface area contributed by atoms with Crippen LogP contribution in [0, 0.1) is 13.8 Å². The molecule has 0 radical (unpaired) electrons. The number of ether oxygens (including phenoxy) is 2. The summed E-state index contributed by atoms with van der Waals surface area (Å²) in [5.41, 5.74) is 4.85. The molecule has 10 nitrogen and oxygen atoms in total. The third-order valence-electron chi connectivity index (χ3n) is 8.07. The first-order chi connectivity index (χ1) is 19.1. The van der Waals surface area contributed by atoms with E-state index in [9.17, 15) is 5.11 Å². The van der Waals surface area contributed by atoms with Crippen LogP contribution >= 0.6 is 0 Å². The van der Waals surface area contributed by atoms with Crippen LogP contribution in [0.5, 0.6) is 11.5 Å². The van der Waals surface area contributed by atoms with Gasteiger partial charge in [-0.05, 0) is 70.9 Å². The summed E-state index contributed by atoms with van der Waals surface area (Å²) in [7, 11) is 1.68. The number of aryl methyl sites for hydroxylation is 2. The summed E-state index contributed by atoms with van der Waals surface area (Å²) in [6, 6.07) is 8.80. The second kappa shape index (κ2) is 10.0. The first-order valence-electron chi connectivity index (χ1n) is 13.8. The van der Waals surface area contributed by atoms with Crippen LogP contribution in [-0.4, -0.2) is 79.8 Å². The molecule has 2 unspecified atom stereocenters. The quantitative estimate of drug-likeness (QED) is 0.337. The molecule has 7 rings (SSSR count). The van der Waals surface area contributed by atoms with Crippen LogP contribution in [0.3, 0.4) is 0 Å². The number of hydrogen-bond donors (Lipinski definition) is 2. The molecule has 0 aliphatic carbocycles. The lowest BCUT2D eigenvalue weighted by Crippen LogP contribution is -2.70. The second-order valence-corrected chi connectivity index (χ2v) is 11.7. The van der Waals surface area contributed by atoms with Gasteiger partial charge in [0.15, 0.2) is 11.6 Å². The van der Waals surface area contributed by atoms with E-state index in [4.69, 9.17) is 14.5 Å². The van der Waals surface area contributed by atoms with Crippen LogP contribution in [0.25, 0.3) is 22.2 Å². The predicted octanol–water partition coefficient (Wildman–Crippen LogP) is 4.21. The minimum Gasteiger partial charge on any atom is -0.493 e. The highest BCUT2D eigenvalue weighted by Crippen LogP contribution is 2.40. The highest BCUT2D eigenvalue weighted by molar-refractivity contribution is 5.94. The minimum atomic E-state index is -0.694. The number of nitrogens with zero attached hydrogens (tertiary/aromatic N) is 6. The average Bonchev–Trinajstić information content (AvgIpc) is 3.34. The molecule has 40 heavy (non-hydrogen) atoms. The normalized spacial score (nSPS) is 19.9. The van der Waals surface area contributed by atoms with Crippen molar-refractivity contribution in [2.24, 2.45) is 0 Å². The first-order valence-corrected chi connectivity index (χ1v) is 13.8. The number of hydrogen-bond acceptors (Lipinski definition) is 9. The third kappa shape index (κ3) is 4.86. The van der Waals surface area contributed by atoms with Gasteiger partial charge in [-0.25, -0.2) is 4.98 Å². The van der Waals surface area contributed by atoms with E-state index in [0.29, 0.717) is 18.6 Å². The van der Waals surface area contributed by atoms with Gasteiger partial charge in [-0.1, -0.05) is 0 Å². The van der Waals surface area contributed by atoms with Crippen molar-refractivity contribution in [3.63, 3.8) is 0 Å². The van der Waals surface area contributed by atoms with Crippen molar-refractivity contribution in [1.29, 1.82) is 0 Å². The standard InChI is InChI=1S/C30H37N7O3/c1-17-12-32-33-18(2)27(17)19(3)40-23-7-8-25-24(11-23)28(35-34-25)20-9-26(39-6)29(31-13-20)36-14-21-10-22(15-36)37(21)16-30(4,5)38/h7-9,11-13,19,21-22,38H,10,14-16H2,1-6H3,(H,34,35)/t19-,21?,22?/m1/s1. The Morgan fingerprint density at radius 1 is 1.15 bits per heavy atom. The summed E-state index contributed by atoms with van der Waals surface area (Å²) >= 11 is 0. The molecule has 3 saturated heterocycles. The number of nitrogens with one attached hydrogen (secondary N) is 1. The summed E-state index contributed by atoms with van der Waals surface area (Å²) in [4.78, 5) is 9.58. The van der Waals surface area contributed by atoms with Gasteiger partial charge in [-0.15, -0.1) is 0 Å². The summed E-state index contributed by atoms with van der Waals surface area (Å²) in [6.07, 6.45) is 4.61. The number of rotatable bonds is 8. The summed E-state index contributed by atoms with van der Waals surface area (Å²) in [6.45, 7) is 12.2. The molecule has 0 amide bonds. The Balaban J connectivity index is 1.24. The highest BCUT2D eigenvalue weighted by atomic mass is 16.5. The molecule has 6 heterocycles. The number of aromatic amines is 1. The number of methoxy groups -OCH3 is 1. The summed E-state index contributed by atoms with van der Waals surface area (Å²) in [5, 5.41) is 27.2. The van der Waals surface area contributed by atoms with Crippen molar-refractivity contribution >= 4 is 16.7 Å². The monoisotopic (exact) mass is 543 g/mol. The van der Waals surface area contributed by atoms with E-state index in [-0.39, 0.29) is 6.10 Å². The van der Waals surface area contributed by atoms with Gasteiger partial charge in [0.05, 0.1) is 30.1 Å². The van der Waals surface area contributed by atoms with E-state index >= 15 is 0 Å². The number of aliphatic hydroxyl groups is 1. The van der Waals surface area contributed by atoms with E-state index in [1.165, 1.54) is 0 Å². The van der Waals surface area contributed by atoms with Crippen molar-refractivity contribution in [2.75, 3.05) is 31.6 Å². The smallest absolute Gasteiger partial charge is 0.171 e. The molecule has 3 atom stereocenters. The number of H-pyrrole nitrogens is 1. The van der Waals surface area contributed by atoms with E-state index in [1.807, 2.05) is 65.1 Å². The van der Waals surface area contributed by atoms with Gasteiger partial charge in [0.25, 0.3) is 0 Å². The fourth-order valence-electron chi connectivity index (χ4n) is 6.29. The van der Waals surface area contributed by atoms with Crippen molar-refractivity contribution < 1.29 is 14.6 Å². The minimum absolute atomic E-state index is 0.181. The average molecular weight is 544 g/mol. The number of aromatic nitrogens is 5. The van der Waals surface area contributed by atoms with E-state index in [0.717, 1.165) is 75.8 Å². The predicted molar refractivity (Wildman–Crippen MR) is 154 cm³/mol. The van der Waals surface area contributed by atoms with Crippen molar-refractivity contribution in [3.05, 3.63) is 53.5 Å². The lowest BCUT2D eigenvalue weighted by atomic mass is 9.85. The number of fused-ring (bicyclic) bond motifs is 3. The molecule has 0 spiro atoms. The van der Waals surface area contributed by atoms with Gasteiger partial charge in [-0.2, -0.15) is 15.3 Å². The molecule has 10 heteroatoms. The Morgan fingerprint density at radius 2 is 1.93 bits per heavy atom. The molecule has 210 valence electrons. The number of benzene rings is 1. The van der Waals surface area contributed by atoms with Gasteiger partial charge in [0, 0.05) is 54.4 Å². The van der Waals surface area contributed by atoms with Crippen LogP contribution in [-0.2, 0) is 0 Å². The fourth-order valence-corrected chi connectivity index (χ4v) is 6.29. The maximum atomic E-state index is 10.3. The fraction of sp³-hybridized carbons (Fsp3) is 0.467. The zero-order valence-electron chi connectivity index (χ0n) is 24.0. The molecule has 4 aromatic rings. The van der Waals surface area contributed by atoms with Crippen LogP contribution in [0.2, 0.25) is 0 Å². The largest absolute Gasteiger partial charge is 0.493 e. The Labute approximate surface area is 234 Å². The summed E-state index contributed by atoms with van der Waals surface area (Å²) in [5.74, 6) is 2.32. The van der Waals surface area contributed by atoms with Crippen LogP contribution in [0.15, 0.2) is 36.7 Å². The zero-order valence-corrected chi connectivity index (χ0v) is 24.0. The van der Waals surface area contributed by atoms with Crippen molar-refractivity contribution in [2.45, 2.75) is 64.8 Å². The topological polar surface area (TPSA) is 113 Å². The Hall–Kier alpha value is -3.76. The summed E-state index contributed by atoms with van der Waals surface area (Å²) < 4.78 is 12.2. The number of anilines is 1. The third-order valence-corrected chi connectivity index (χ3v) is 8.07. The van der Waals surface area contributed by atoms with E-state index in [1.54, 1.807) is 13.3 Å². The molecule has 0 saturated carbocycles. The van der Waals surface area contributed by atoms with E-state index in [2.05, 4.69) is 30.2 Å². The van der Waals surface area contributed by atoms with Crippen molar-refractivity contribution in [3.8, 4) is 22.8 Å². The lowest BCUT2D eigenvalue weighted by Gasteiger charge is -2.57. The van der Waals surface area contributed by atoms with Crippen LogP contribution in [0.4, 0.5) is 5.82 Å². The maximum absolute atomic E-state index is 10.3. The second-order valence-electron chi connectivity index (χ2n) is 11.7. The Bertz CT molecular complexity index is 1510. The van der Waals surface area contributed by atoms with Crippen LogP contribution in [0.1, 0.15) is 50.1 Å². The molecular weight excluding hydrogens is 506 g/mol. The first kappa shape index (κ1) is 26.5. The molecule has 2 bridgehead atoms. The number of pyridine rings is 1. The Morgan fingerprint density at radius 3 is 2.62 bits per heavy atom. The van der Waals surface area contributed by atoms with Gasteiger partial charge in [-0.3, -0.25) is 10.00 Å². The van der Waals surface area contributed by atoms with Gasteiger partial charge in [0.2, 0.25) is 0 Å². The number of piperidine rings is 1. The molecule has 1 aromatic carbocycles. The van der Waals surface area contributed by atoms with E-state index < -0.39 is 5.60 Å². The molecule has 3 aliphatic heterocycles. The lowest BCUT2D eigenvalue weighted by molar-refractivity contribution is -0.0619. The Kier molecular flexibility index (Phi) is 6.62. The molecule has 3 aliphatic rings. The molecule has 2 N–H and O–H groups in total. The maximum Gasteiger partial charge on any atom is 0.171 e.